The van der Waals surface area contributed by atoms with Crippen LogP contribution in [-0.2, 0) is 37.3 Å². The number of thiazole rings is 2. The summed E-state index contributed by atoms with van der Waals surface area (Å²) in [7, 11) is 0. The summed E-state index contributed by atoms with van der Waals surface area (Å²) in [5.74, 6) is 0. The Kier molecular flexibility index (Phi) is 5.89. The third-order valence-corrected chi connectivity index (χ3v) is 8.58. The molecule has 0 amide bonds. The van der Waals surface area contributed by atoms with Crippen LogP contribution in [0.2, 0.25) is 0 Å². The number of rotatable bonds is 0. The van der Waals surface area contributed by atoms with Crippen LogP contribution in [0.1, 0.15) is 75.2 Å². The Morgan fingerprint density at radius 3 is 1.31 bits per heavy atom. The normalized spacial score (nSPS) is 17.6. The van der Waals surface area contributed by atoms with Gasteiger partial charge in [0.25, 0.3) is 0 Å². The molecule has 0 unspecified atom stereocenters. The van der Waals surface area contributed by atoms with Crippen molar-refractivity contribution in [2.24, 2.45) is 0 Å². The molecule has 0 saturated carbocycles. The van der Waals surface area contributed by atoms with Crippen LogP contribution in [0.3, 0.4) is 0 Å². The largest absolute Gasteiger partial charge is 2.00 e. The Balaban J connectivity index is 0.00000245. The van der Waals surface area contributed by atoms with Crippen molar-refractivity contribution in [3.63, 3.8) is 0 Å². The van der Waals surface area contributed by atoms with Gasteiger partial charge in [-0.3, -0.25) is 0 Å². The van der Waals surface area contributed by atoms with E-state index in [4.69, 9.17) is 9.97 Å². The van der Waals surface area contributed by atoms with Gasteiger partial charge in [-0.1, -0.05) is 41.5 Å². The Morgan fingerprint density at radius 1 is 0.594 bits per heavy atom. The zero-order valence-corrected chi connectivity index (χ0v) is 23.1. The van der Waals surface area contributed by atoms with E-state index in [1.165, 1.54) is 11.1 Å². The van der Waals surface area contributed by atoms with Crippen molar-refractivity contribution in [1.29, 1.82) is 0 Å². The first kappa shape index (κ1) is 23.5. The van der Waals surface area contributed by atoms with E-state index in [0.29, 0.717) is 0 Å². The molecule has 0 fully saturated rings. The van der Waals surface area contributed by atoms with Crippen molar-refractivity contribution in [3.8, 4) is 10.0 Å². The Labute approximate surface area is 213 Å². The number of fused-ring (bicyclic) bond motifs is 9. The first-order valence-corrected chi connectivity index (χ1v) is 12.3. The molecule has 0 N–H and O–H groups in total. The quantitative estimate of drug-likeness (QED) is 0.192. The van der Waals surface area contributed by atoms with Gasteiger partial charge in [-0.15, -0.1) is 22.7 Å². The minimum atomic E-state index is -0.244. The van der Waals surface area contributed by atoms with E-state index < -0.39 is 0 Å². The van der Waals surface area contributed by atoms with E-state index in [1.54, 1.807) is 22.7 Å². The Hall–Kier alpha value is -1.61. The summed E-state index contributed by atoms with van der Waals surface area (Å²) in [6.45, 7) is 13.5. The molecule has 5 heteroatoms. The van der Waals surface area contributed by atoms with Crippen LogP contribution in [0.4, 0.5) is 0 Å². The van der Waals surface area contributed by atoms with Crippen molar-refractivity contribution < 1.29 is 21.1 Å². The van der Waals surface area contributed by atoms with Crippen LogP contribution in [-0.4, -0.2) is 9.97 Å². The number of nitrogens with zero attached hydrogens (tertiary/aromatic N) is 2. The molecule has 0 aliphatic carbocycles. The fourth-order valence-electron chi connectivity index (χ4n) is 4.14. The second kappa shape index (κ2) is 8.01. The second-order valence-corrected chi connectivity index (χ2v) is 11.6. The zero-order chi connectivity index (χ0) is 22.0. The summed E-state index contributed by atoms with van der Waals surface area (Å²) in [6, 6.07) is 20.5. The average molecular weight is 638 g/mol. The maximum atomic E-state index is 5.02. The van der Waals surface area contributed by atoms with Crippen LogP contribution < -0.4 is 0 Å². The molecule has 5 rings (SSSR count). The topological polar surface area (TPSA) is 25.8 Å². The fourth-order valence-corrected chi connectivity index (χ4v) is 6.16. The van der Waals surface area contributed by atoms with Crippen LogP contribution in [0.5, 0.6) is 0 Å². The predicted octanol–water partition coefficient (Wildman–Crippen LogP) is 7.16. The van der Waals surface area contributed by atoms with Gasteiger partial charge in [0.1, 0.15) is 0 Å². The molecule has 1 aliphatic rings. The smallest absolute Gasteiger partial charge is 0.238 e. The second-order valence-electron chi connectivity index (χ2n) is 9.91. The fraction of sp³-hybridized carbons (Fsp3) is 0.333. The first-order valence-electron chi connectivity index (χ1n) is 10.6. The van der Waals surface area contributed by atoms with Crippen LogP contribution in [0.25, 0.3) is 10.0 Å². The molecule has 2 nitrogen and oxygen atoms in total. The number of benzene rings is 2. The van der Waals surface area contributed by atoms with Gasteiger partial charge in [0, 0.05) is 21.6 Å². The van der Waals surface area contributed by atoms with Gasteiger partial charge in [0.2, 0.25) is 0 Å². The molecular weight excluding hydrogens is 612 g/mol. The molecule has 8 bridgehead atoms. The van der Waals surface area contributed by atoms with Gasteiger partial charge in [-0.25, -0.2) is 9.97 Å². The first-order chi connectivity index (χ1) is 14.6. The third-order valence-electron chi connectivity index (χ3n) is 6.76. The van der Waals surface area contributed by atoms with E-state index in [0.717, 1.165) is 32.5 Å². The predicted molar refractivity (Wildman–Crippen MR) is 130 cm³/mol. The molecule has 2 aromatic heterocycles. The van der Waals surface area contributed by atoms with Crippen molar-refractivity contribution in [3.05, 3.63) is 92.9 Å². The molecule has 166 valence electrons. The summed E-state index contributed by atoms with van der Waals surface area (Å²) in [6.07, 6.45) is 0. The molecule has 3 heterocycles. The molecule has 1 aliphatic heterocycles. The average Bonchev–Trinajstić information content (AvgIpc) is 3.44. The number of aromatic nitrogens is 2. The van der Waals surface area contributed by atoms with Crippen LogP contribution in [0, 0.1) is 12.1 Å². The summed E-state index contributed by atoms with van der Waals surface area (Å²) in [4.78, 5) is 10.0. The molecule has 0 radical (unpaired) electrons. The molecule has 2 aromatic carbocycles. The molecule has 0 saturated heterocycles. The van der Waals surface area contributed by atoms with E-state index in [9.17, 15) is 0 Å². The van der Waals surface area contributed by atoms with E-state index in [-0.39, 0.29) is 37.3 Å². The van der Waals surface area contributed by atoms with Crippen LogP contribution >= 0.6 is 22.7 Å². The SMILES string of the molecule is CC1(C)c2[c-]c(ccc2)C(C)(C)c2csc(n2)-c2nc(cs2)C(C)(C)c2[c-]c1ccc2.[Pt+2]. The van der Waals surface area contributed by atoms with Crippen LogP contribution in [0.15, 0.2) is 47.2 Å². The van der Waals surface area contributed by atoms with Crippen molar-refractivity contribution >= 4 is 22.7 Å². The van der Waals surface area contributed by atoms with Gasteiger partial charge in [0.15, 0.2) is 10.0 Å². The maximum absolute atomic E-state index is 5.02. The minimum Gasteiger partial charge on any atom is -0.238 e. The summed E-state index contributed by atoms with van der Waals surface area (Å²) in [5.41, 5.74) is 6.07. The van der Waals surface area contributed by atoms with E-state index >= 15 is 0 Å². The monoisotopic (exact) mass is 637 g/mol. The zero-order valence-electron chi connectivity index (χ0n) is 19.1. The molecule has 0 atom stereocenters. The third kappa shape index (κ3) is 3.65. The van der Waals surface area contributed by atoms with E-state index in [2.05, 4.69) is 101 Å². The van der Waals surface area contributed by atoms with E-state index in [1.807, 2.05) is 0 Å². The summed E-state index contributed by atoms with van der Waals surface area (Å²) < 4.78 is 0. The standard InChI is InChI=1S/C27H26N2S2.Pt/c1-25(2)17-9-7-11-19(13-17)26(3,4)21-15-30-23(28-21)24-29-22(16-31-24)27(5,6)20-12-8-10-18(25)14-20;/h7-12,15-16H,1-6H3;/q-2;+2. The van der Waals surface area contributed by atoms with Crippen molar-refractivity contribution in [2.45, 2.75) is 57.8 Å². The van der Waals surface area contributed by atoms with Gasteiger partial charge in [-0.05, 0) is 5.41 Å². The Morgan fingerprint density at radius 2 is 0.938 bits per heavy atom. The minimum absolute atomic E-state index is 0. The summed E-state index contributed by atoms with van der Waals surface area (Å²) in [5, 5.41) is 6.32. The van der Waals surface area contributed by atoms with Gasteiger partial charge >= 0.3 is 21.1 Å². The molecule has 32 heavy (non-hydrogen) atoms. The Bertz CT molecular complexity index is 1180. The van der Waals surface area contributed by atoms with Gasteiger partial charge in [-0.2, -0.15) is 70.8 Å². The number of hydrogen-bond donors (Lipinski definition) is 0. The van der Waals surface area contributed by atoms with Crippen molar-refractivity contribution in [2.75, 3.05) is 0 Å². The van der Waals surface area contributed by atoms with Gasteiger partial charge < -0.3 is 0 Å². The number of hydrogen-bond acceptors (Lipinski definition) is 4. The maximum Gasteiger partial charge on any atom is 2.00 e. The van der Waals surface area contributed by atoms with Gasteiger partial charge in [0.05, 0.1) is 11.4 Å². The van der Waals surface area contributed by atoms with Crippen molar-refractivity contribution in [1.82, 2.24) is 9.97 Å². The molecular formula is C27H26N2PtS2. The summed E-state index contributed by atoms with van der Waals surface area (Å²) >= 11 is 3.35. The molecule has 0 spiro atoms. The molecule has 4 aromatic rings.